The Balaban J connectivity index is 1.59. The Labute approximate surface area is 188 Å². The molecule has 0 bridgehead atoms. The van der Waals surface area contributed by atoms with Gasteiger partial charge in [-0.3, -0.25) is 0 Å². The minimum Gasteiger partial charge on any atom is -0.495 e. The molecule has 0 aliphatic carbocycles. The molecule has 0 radical (unpaired) electrons. The number of benzene rings is 2. The highest BCUT2D eigenvalue weighted by Crippen LogP contribution is 2.28. The van der Waals surface area contributed by atoms with Crippen LogP contribution in [0.3, 0.4) is 0 Å². The zero-order chi connectivity index (χ0) is 23.0. The Morgan fingerprint density at radius 1 is 1.09 bits per heavy atom. The second-order valence-corrected chi connectivity index (χ2v) is 9.00. The molecule has 172 valence electrons. The molecule has 1 saturated heterocycles. The number of hydrogen-bond donors (Lipinski definition) is 0. The van der Waals surface area contributed by atoms with Crippen molar-refractivity contribution in [2.24, 2.45) is 0 Å². The molecule has 0 atom stereocenters. The van der Waals surface area contributed by atoms with Crippen LogP contribution in [-0.4, -0.2) is 65.3 Å². The van der Waals surface area contributed by atoms with Crippen LogP contribution in [0.4, 0.5) is 0 Å². The highest BCUT2D eigenvalue weighted by Gasteiger charge is 2.29. The molecule has 0 spiro atoms. The first-order valence-electron chi connectivity index (χ1n) is 10.2. The average molecular weight is 462 g/mol. The van der Waals surface area contributed by atoms with E-state index >= 15 is 0 Å². The van der Waals surface area contributed by atoms with Crippen LogP contribution < -0.4 is 9.47 Å². The van der Waals surface area contributed by atoms with E-state index in [4.69, 9.17) is 18.9 Å². The molecule has 0 unspecified atom stereocenters. The van der Waals surface area contributed by atoms with Crippen molar-refractivity contribution in [3.05, 3.63) is 59.7 Å². The number of rotatable bonds is 9. The van der Waals surface area contributed by atoms with E-state index in [9.17, 15) is 13.2 Å². The smallest absolute Gasteiger partial charge is 0.330 e. The Bertz CT molecular complexity index is 1040. The van der Waals surface area contributed by atoms with Crippen LogP contribution in [0.1, 0.15) is 11.1 Å². The zero-order valence-corrected chi connectivity index (χ0v) is 19.0. The molecular formula is C23H27NO7S. The summed E-state index contributed by atoms with van der Waals surface area (Å²) in [4.78, 5) is 12.0. The van der Waals surface area contributed by atoms with Gasteiger partial charge in [0.05, 0.1) is 20.3 Å². The third kappa shape index (κ3) is 6.32. The first-order valence-corrected chi connectivity index (χ1v) is 11.6. The molecule has 8 nitrogen and oxygen atoms in total. The molecule has 0 amide bonds. The number of sulfonamides is 1. The number of carbonyl (C=O) groups excluding carboxylic acids is 1. The summed E-state index contributed by atoms with van der Waals surface area (Å²) in [5.74, 6) is 0.393. The van der Waals surface area contributed by atoms with Gasteiger partial charge >= 0.3 is 5.97 Å². The molecule has 0 N–H and O–H groups in total. The van der Waals surface area contributed by atoms with E-state index in [1.54, 1.807) is 12.1 Å². The molecule has 1 aliphatic heterocycles. The third-order valence-electron chi connectivity index (χ3n) is 4.80. The van der Waals surface area contributed by atoms with Crippen molar-refractivity contribution in [2.75, 3.05) is 46.6 Å². The van der Waals surface area contributed by atoms with Crippen LogP contribution in [-0.2, 0) is 24.3 Å². The predicted molar refractivity (Wildman–Crippen MR) is 119 cm³/mol. The van der Waals surface area contributed by atoms with Crippen LogP contribution in [0.5, 0.6) is 11.5 Å². The van der Waals surface area contributed by atoms with E-state index in [1.807, 2.05) is 31.2 Å². The molecule has 0 saturated carbocycles. The molecule has 1 heterocycles. The summed E-state index contributed by atoms with van der Waals surface area (Å²) in [5, 5.41) is 0. The van der Waals surface area contributed by atoms with Crippen molar-refractivity contribution < 1.29 is 32.2 Å². The molecule has 9 heteroatoms. The lowest BCUT2D eigenvalue weighted by Gasteiger charge is -2.26. The van der Waals surface area contributed by atoms with Gasteiger partial charge in [0, 0.05) is 19.2 Å². The molecule has 3 rings (SSSR count). The molecule has 2 aromatic rings. The Kier molecular flexibility index (Phi) is 8.26. The summed E-state index contributed by atoms with van der Waals surface area (Å²) in [6.45, 7) is 3.57. The predicted octanol–water partition coefficient (Wildman–Crippen LogP) is 2.66. The van der Waals surface area contributed by atoms with E-state index in [2.05, 4.69) is 0 Å². The number of ether oxygens (including phenoxy) is 4. The van der Waals surface area contributed by atoms with Crippen LogP contribution in [0.15, 0.2) is 53.4 Å². The van der Waals surface area contributed by atoms with Gasteiger partial charge in [0.15, 0.2) is 0 Å². The van der Waals surface area contributed by atoms with Gasteiger partial charge in [0.2, 0.25) is 10.0 Å². The fourth-order valence-electron chi connectivity index (χ4n) is 3.07. The summed E-state index contributed by atoms with van der Waals surface area (Å²) in [6, 6.07) is 12.3. The van der Waals surface area contributed by atoms with Gasteiger partial charge in [-0.1, -0.05) is 23.8 Å². The minimum atomic E-state index is -3.75. The fraction of sp³-hybridized carbons (Fsp3) is 0.348. The van der Waals surface area contributed by atoms with Gasteiger partial charge in [-0.05, 0) is 42.8 Å². The fourth-order valence-corrected chi connectivity index (χ4v) is 4.67. The lowest BCUT2D eigenvalue weighted by molar-refractivity contribution is -0.138. The summed E-state index contributed by atoms with van der Waals surface area (Å²) < 4.78 is 48.5. The third-order valence-corrected chi connectivity index (χ3v) is 6.72. The second-order valence-electron chi connectivity index (χ2n) is 7.09. The van der Waals surface area contributed by atoms with Gasteiger partial charge < -0.3 is 18.9 Å². The highest BCUT2D eigenvalue weighted by atomic mass is 32.2. The molecule has 1 fully saturated rings. The monoisotopic (exact) mass is 461 g/mol. The highest BCUT2D eigenvalue weighted by molar-refractivity contribution is 7.89. The Morgan fingerprint density at radius 2 is 1.81 bits per heavy atom. The second kappa shape index (κ2) is 11.1. The van der Waals surface area contributed by atoms with E-state index in [0.717, 1.165) is 5.56 Å². The lowest BCUT2D eigenvalue weighted by Crippen LogP contribution is -2.40. The van der Waals surface area contributed by atoms with Crippen molar-refractivity contribution >= 4 is 22.1 Å². The minimum absolute atomic E-state index is 0.0453. The van der Waals surface area contributed by atoms with E-state index in [-0.39, 0.29) is 36.9 Å². The summed E-state index contributed by atoms with van der Waals surface area (Å²) in [7, 11) is -2.33. The van der Waals surface area contributed by atoms with Gasteiger partial charge in [0.25, 0.3) is 0 Å². The molecule has 0 aromatic heterocycles. The van der Waals surface area contributed by atoms with Crippen LogP contribution >= 0.6 is 0 Å². The normalized spacial score (nSPS) is 14.9. The number of carbonyl (C=O) groups is 1. The maximum atomic E-state index is 13.0. The number of nitrogens with zero attached hydrogens (tertiary/aromatic N) is 1. The zero-order valence-electron chi connectivity index (χ0n) is 18.2. The van der Waals surface area contributed by atoms with Crippen LogP contribution in [0.25, 0.3) is 6.08 Å². The summed E-state index contributed by atoms with van der Waals surface area (Å²) >= 11 is 0. The van der Waals surface area contributed by atoms with E-state index in [0.29, 0.717) is 24.5 Å². The van der Waals surface area contributed by atoms with Crippen molar-refractivity contribution in [3.63, 3.8) is 0 Å². The number of hydrogen-bond acceptors (Lipinski definition) is 7. The number of esters is 1. The Morgan fingerprint density at radius 3 is 2.50 bits per heavy atom. The standard InChI is InChI=1S/C23H27NO7S/c1-18-3-7-20(8-4-18)30-15-16-31-23(25)10-6-19-5-9-21(28-2)22(17-19)32(26,27)24-11-13-29-14-12-24/h3-10,17H,11-16H2,1-2H3. The quantitative estimate of drug-likeness (QED) is 0.322. The maximum Gasteiger partial charge on any atom is 0.330 e. The molecule has 2 aromatic carbocycles. The van der Waals surface area contributed by atoms with Crippen molar-refractivity contribution in [3.8, 4) is 11.5 Å². The first-order chi connectivity index (χ1) is 15.4. The van der Waals surface area contributed by atoms with Gasteiger partial charge in [-0.15, -0.1) is 0 Å². The number of morpholine rings is 1. The van der Waals surface area contributed by atoms with E-state index in [1.165, 1.54) is 29.6 Å². The SMILES string of the molecule is COc1ccc(C=CC(=O)OCCOc2ccc(C)cc2)cc1S(=O)(=O)N1CCOCC1. The van der Waals surface area contributed by atoms with Gasteiger partial charge in [-0.25, -0.2) is 13.2 Å². The Hall–Kier alpha value is -2.88. The average Bonchev–Trinajstić information content (AvgIpc) is 2.82. The number of aryl methyl sites for hydroxylation is 1. The molecular weight excluding hydrogens is 434 g/mol. The van der Waals surface area contributed by atoms with Crippen LogP contribution in [0.2, 0.25) is 0 Å². The molecule has 1 aliphatic rings. The summed E-state index contributed by atoms with van der Waals surface area (Å²) in [5.41, 5.74) is 1.67. The maximum absolute atomic E-state index is 13.0. The number of methoxy groups -OCH3 is 1. The molecule has 32 heavy (non-hydrogen) atoms. The van der Waals surface area contributed by atoms with Crippen molar-refractivity contribution in [1.29, 1.82) is 0 Å². The first kappa shape index (κ1) is 23.8. The largest absolute Gasteiger partial charge is 0.495 e. The van der Waals surface area contributed by atoms with Crippen LogP contribution in [0, 0.1) is 6.92 Å². The van der Waals surface area contributed by atoms with Gasteiger partial charge in [-0.2, -0.15) is 4.31 Å². The van der Waals surface area contributed by atoms with Crippen molar-refractivity contribution in [1.82, 2.24) is 4.31 Å². The topological polar surface area (TPSA) is 91.4 Å². The van der Waals surface area contributed by atoms with E-state index < -0.39 is 16.0 Å². The van der Waals surface area contributed by atoms with Crippen molar-refractivity contribution in [2.45, 2.75) is 11.8 Å². The van der Waals surface area contributed by atoms with Gasteiger partial charge in [0.1, 0.15) is 29.6 Å². The lowest BCUT2D eigenvalue weighted by atomic mass is 10.2. The summed E-state index contributed by atoms with van der Waals surface area (Å²) in [6.07, 6.45) is 2.75.